The highest BCUT2D eigenvalue weighted by Crippen LogP contribution is 2.17. The highest BCUT2D eigenvalue weighted by atomic mass is 16.3. The lowest BCUT2D eigenvalue weighted by Gasteiger charge is -2.32. The van der Waals surface area contributed by atoms with E-state index in [9.17, 15) is 14.7 Å². The van der Waals surface area contributed by atoms with Gasteiger partial charge < -0.3 is 21.5 Å². The molecule has 0 aliphatic carbocycles. The Bertz CT molecular complexity index is 272. The van der Waals surface area contributed by atoms with E-state index in [-0.39, 0.29) is 17.7 Å². The van der Waals surface area contributed by atoms with Crippen LogP contribution in [0.3, 0.4) is 0 Å². The lowest BCUT2D eigenvalue weighted by atomic mass is 9.95. The van der Waals surface area contributed by atoms with Crippen molar-refractivity contribution in [3.8, 4) is 0 Å². The van der Waals surface area contributed by atoms with E-state index < -0.39 is 12.1 Å². The standard InChI is InChI=1S/C10H19N3O3/c1-6(14)8(11)10(16)13-4-2-7(3-5-13)9(12)15/h6-8,14H,2-5,11H2,1H3,(H2,12,15). The zero-order chi connectivity index (χ0) is 12.3. The van der Waals surface area contributed by atoms with Gasteiger partial charge in [-0.1, -0.05) is 0 Å². The first kappa shape index (κ1) is 12.9. The minimum absolute atomic E-state index is 0.146. The van der Waals surface area contributed by atoms with Crippen LogP contribution in [0.5, 0.6) is 0 Å². The summed E-state index contributed by atoms with van der Waals surface area (Å²) in [5, 5.41) is 9.22. The van der Waals surface area contributed by atoms with Gasteiger partial charge in [0, 0.05) is 19.0 Å². The van der Waals surface area contributed by atoms with Crippen molar-refractivity contribution in [3.63, 3.8) is 0 Å². The number of hydrogen-bond donors (Lipinski definition) is 3. The summed E-state index contributed by atoms with van der Waals surface area (Å²) in [4.78, 5) is 24.2. The van der Waals surface area contributed by atoms with E-state index in [1.54, 1.807) is 4.90 Å². The number of carbonyl (C=O) groups excluding carboxylic acids is 2. The van der Waals surface area contributed by atoms with Gasteiger partial charge in [0.25, 0.3) is 0 Å². The first-order valence-electron chi connectivity index (χ1n) is 5.45. The third-order valence-corrected chi connectivity index (χ3v) is 3.01. The van der Waals surface area contributed by atoms with Gasteiger partial charge in [-0.15, -0.1) is 0 Å². The number of rotatable bonds is 3. The molecule has 0 spiro atoms. The zero-order valence-corrected chi connectivity index (χ0v) is 9.43. The minimum Gasteiger partial charge on any atom is -0.391 e. The van der Waals surface area contributed by atoms with Crippen molar-refractivity contribution >= 4 is 11.8 Å². The molecule has 0 bridgehead atoms. The van der Waals surface area contributed by atoms with E-state index in [1.165, 1.54) is 6.92 Å². The number of primary amides is 1. The molecule has 2 atom stereocenters. The highest BCUT2D eigenvalue weighted by molar-refractivity contribution is 5.83. The maximum absolute atomic E-state index is 11.7. The van der Waals surface area contributed by atoms with Gasteiger partial charge in [-0.05, 0) is 19.8 Å². The lowest BCUT2D eigenvalue weighted by Crippen LogP contribution is -2.52. The fraction of sp³-hybridized carbons (Fsp3) is 0.800. The van der Waals surface area contributed by atoms with Crippen LogP contribution in [0.25, 0.3) is 0 Å². The van der Waals surface area contributed by atoms with Gasteiger partial charge in [-0.25, -0.2) is 0 Å². The van der Waals surface area contributed by atoms with E-state index in [4.69, 9.17) is 11.5 Å². The number of nitrogens with zero attached hydrogens (tertiary/aromatic N) is 1. The number of likely N-dealkylation sites (tertiary alicyclic amines) is 1. The predicted octanol–water partition coefficient (Wildman–Crippen LogP) is -1.58. The second-order valence-electron chi connectivity index (χ2n) is 4.27. The molecule has 0 saturated carbocycles. The summed E-state index contributed by atoms with van der Waals surface area (Å²) in [6, 6.07) is -0.884. The molecular formula is C10H19N3O3. The zero-order valence-electron chi connectivity index (χ0n) is 9.43. The van der Waals surface area contributed by atoms with Crippen molar-refractivity contribution in [1.29, 1.82) is 0 Å². The molecule has 1 rings (SSSR count). The van der Waals surface area contributed by atoms with Crippen LogP contribution in [0.1, 0.15) is 19.8 Å². The van der Waals surface area contributed by atoms with Gasteiger partial charge >= 0.3 is 0 Å². The SMILES string of the molecule is CC(O)C(N)C(=O)N1CCC(C(N)=O)CC1. The van der Waals surface area contributed by atoms with Crippen molar-refractivity contribution in [2.75, 3.05) is 13.1 Å². The molecule has 0 aromatic rings. The molecule has 1 heterocycles. The summed E-state index contributed by atoms with van der Waals surface area (Å²) in [6.07, 6.45) is 0.294. The smallest absolute Gasteiger partial charge is 0.242 e. The average Bonchev–Trinajstić information content (AvgIpc) is 2.27. The van der Waals surface area contributed by atoms with Crippen LogP contribution in [0.15, 0.2) is 0 Å². The molecule has 0 aromatic heterocycles. The molecule has 92 valence electrons. The number of nitrogens with two attached hydrogens (primary N) is 2. The molecule has 16 heavy (non-hydrogen) atoms. The fourth-order valence-corrected chi connectivity index (χ4v) is 1.80. The highest BCUT2D eigenvalue weighted by Gasteiger charge is 2.29. The average molecular weight is 229 g/mol. The first-order valence-corrected chi connectivity index (χ1v) is 5.45. The molecule has 6 nitrogen and oxygen atoms in total. The number of piperidine rings is 1. The van der Waals surface area contributed by atoms with Crippen LogP contribution in [0, 0.1) is 5.92 Å². The molecule has 2 unspecified atom stereocenters. The summed E-state index contributed by atoms with van der Waals surface area (Å²) in [6.45, 7) is 2.44. The molecule has 1 aliphatic rings. The molecule has 0 aromatic carbocycles. The molecule has 0 radical (unpaired) electrons. The van der Waals surface area contributed by atoms with Crippen molar-refractivity contribution < 1.29 is 14.7 Å². The Kier molecular flexibility index (Phi) is 4.26. The van der Waals surface area contributed by atoms with E-state index in [0.717, 1.165) is 0 Å². The van der Waals surface area contributed by atoms with Crippen molar-refractivity contribution in [2.45, 2.75) is 31.9 Å². The summed E-state index contributed by atoms with van der Waals surface area (Å²) >= 11 is 0. The second kappa shape index (κ2) is 5.27. The van der Waals surface area contributed by atoms with Crippen LogP contribution in [0.2, 0.25) is 0 Å². The maximum Gasteiger partial charge on any atom is 0.242 e. The van der Waals surface area contributed by atoms with Gasteiger partial charge in [-0.3, -0.25) is 9.59 Å². The topological polar surface area (TPSA) is 110 Å². The third-order valence-electron chi connectivity index (χ3n) is 3.01. The Hall–Kier alpha value is -1.14. The molecular weight excluding hydrogens is 210 g/mol. The van der Waals surface area contributed by atoms with Crippen LogP contribution >= 0.6 is 0 Å². The Balaban J connectivity index is 2.47. The van der Waals surface area contributed by atoms with E-state index in [0.29, 0.717) is 25.9 Å². The fourth-order valence-electron chi connectivity index (χ4n) is 1.80. The summed E-state index contributed by atoms with van der Waals surface area (Å²) in [5.41, 5.74) is 10.7. The van der Waals surface area contributed by atoms with Crippen molar-refractivity contribution in [3.05, 3.63) is 0 Å². The molecule has 1 fully saturated rings. The quantitative estimate of drug-likeness (QED) is 0.542. The van der Waals surface area contributed by atoms with Crippen LogP contribution < -0.4 is 11.5 Å². The van der Waals surface area contributed by atoms with Crippen molar-refractivity contribution in [1.82, 2.24) is 4.90 Å². The minimum atomic E-state index is -0.884. The largest absolute Gasteiger partial charge is 0.391 e. The van der Waals surface area contributed by atoms with Crippen LogP contribution in [0.4, 0.5) is 0 Å². The Morgan fingerprint density at radius 3 is 2.25 bits per heavy atom. The molecule has 1 aliphatic heterocycles. The third kappa shape index (κ3) is 2.93. The summed E-state index contributed by atoms with van der Waals surface area (Å²) in [5.74, 6) is -0.725. The lowest BCUT2D eigenvalue weighted by molar-refractivity contribution is -0.138. The second-order valence-corrected chi connectivity index (χ2v) is 4.27. The van der Waals surface area contributed by atoms with Crippen LogP contribution in [-0.2, 0) is 9.59 Å². The van der Waals surface area contributed by atoms with Gasteiger partial charge in [0.15, 0.2) is 0 Å². The Morgan fingerprint density at radius 2 is 1.88 bits per heavy atom. The van der Waals surface area contributed by atoms with Crippen molar-refractivity contribution in [2.24, 2.45) is 17.4 Å². The number of amides is 2. The predicted molar refractivity (Wildman–Crippen MR) is 58.2 cm³/mol. The first-order chi connectivity index (χ1) is 7.43. The van der Waals surface area contributed by atoms with Gasteiger partial charge in [-0.2, -0.15) is 0 Å². The van der Waals surface area contributed by atoms with Gasteiger partial charge in [0.05, 0.1) is 6.10 Å². The summed E-state index contributed by atoms with van der Waals surface area (Å²) < 4.78 is 0. The molecule has 2 amide bonds. The maximum atomic E-state index is 11.7. The van der Waals surface area contributed by atoms with E-state index in [2.05, 4.69) is 0 Å². The van der Waals surface area contributed by atoms with Gasteiger partial charge in [0.2, 0.25) is 11.8 Å². The number of aliphatic hydroxyl groups is 1. The van der Waals surface area contributed by atoms with Crippen LogP contribution in [-0.4, -0.2) is 47.1 Å². The summed E-state index contributed by atoms with van der Waals surface area (Å²) in [7, 11) is 0. The number of carbonyl (C=O) groups is 2. The Labute approximate surface area is 94.6 Å². The molecule has 6 heteroatoms. The number of aliphatic hydroxyl groups excluding tert-OH is 1. The molecule has 5 N–H and O–H groups in total. The Morgan fingerprint density at radius 1 is 1.38 bits per heavy atom. The monoisotopic (exact) mass is 229 g/mol. The van der Waals surface area contributed by atoms with E-state index in [1.807, 2.05) is 0 Å². The normalized spacial score (nSPS) is 21.6. The number of hydrogen-bond acceptors (Lipinski definition) is 4. The van der Waals surface area contributed by atoms with E-state index >= 15 is 0 Å². The molecule has 1 saturated heterocycles. The van der Waals surface area contributed by atoms with Gasteiger partial charge in [0.1, 0.15) is 6.04 Å².